The summed E-state index contributed by atoms with van der Waals surface area (Å²) in [5.41, 5.74) is -0.118. The van der Waals surface area contributed by atoms with Gasteiger partial charge in [0.05, 0.1) is 12.1 Å². The van der Waals surface area contributed by atoms with Crippen LogP contribution < -0.4 is 5.32 Å². The highest BCUT2D eigenvalue weighted by molar-refractivity contribution is 5.82. The number of carbonyl (C=O) groups excluding carboxylic acids is 1. The average Bonchev–Trinajstić information content (AvgIpc) is 3.00. The molecule has 0 saturated carbocycles. The molecule has 128 valence electrons. The van der Waals surface area contributed by atoms with E-state index in [2.05, 4.69) is 35.9 Å². The highest BCUT2D eigenvalue weighted by Crippen LogP contribution is 2.15. The molecule has 2 unspecified atom stereocenters. The van der Waals surface area contributed by atoms with E-state index in [9.17, 15) is 4.79 Å². The molecule has 0 aliphatic carbocycles. The van der Waals surface area contributed by atoms with Crippen LogP contribution in [0.4, 0.5) is 0 Å². The van der Waals surface area contributed by atoms with Gasteiger partial charge in [0, 0.05) is 44.9 Å². The van der Waals surface area contributed by atoms with E-state index in [4.69, 9.17) is 4.74 Å². The number of piperazine rings is 1. The predicted molar refractivity (Wildman–Crippen MR) is 89.0 cm³/mol. The highest BCUT2D eigenvalue weighted by atomic mass is 16.5. The third-order valence-corrected chi connectivity index (χ3v) is 5.17. The summed E-state index contributed by atoms with van der Waals surface area (Å²) >= 11 is 0. The molecule has 2 atom stereocenters. The Balaban J connectivity index is 1.74. The lowest BCUT2D eigenvalue weighted by Gasteiger charge is -2.39. The molecule has 22 heavy (non-hydrogen) atoms. The van der Waals surface area contributed by atoms with Gasteiger partial charge in [0.1, 0.15) is 0 Å². The van der Waals surface area contributed by atoms with Crippen LogP contribution in [0.2, 0.25) is 0 Å². The van der Waals surface area contributed by atoms with E-state index >= 15 is 0 Å². The maximum atomic E-state index is 12.4. The molecule has 5 heteroatoms. The maximum absolute atomic E-state index is 12.4. The van der Waals surface area contributed by atoms with Gasteiger partial charge in [-0.3, -0.25) is 14.6 Å². The Bertz CT molecular complexity index is 359. The summed E-state index contributed by atoms with van der Waals surface area (Å²) in [5.74, 6) is 0.152. The van der Waals surface area contributed by atoms with Crippen LogP contribution in [0.5, 0.6) is 0 Å². The number of hydrogen-bond acceptors (Lipinski definition) is 4. The van der Waals surface area contributed by atoms with Crippen LogP contribution in [0.3, 0.4) is 0 Å². The van der Waals surface area contributed by atoms with E-state index in [1.54, 1.807) is 0 Å². The normalized spacial score (nSPS) is 26.1. The van der Waals surface area contributed by atoms with Gasteiger partial charge >= 0.3 is 0 Å². The molecule has 0 aromatic heterocycles. The number of hydrogen-bond donors (Lipinski definition) is 1. The van der Waals surface area contributed by atoms with E-state index in [1.165, 1.54) is 12.8 Å². The summed E-state index contributed by atoms with van der Waals surface area (Å²) in [5, 5.41) is 3.16. The van der Waals surface area contributed by atoms with Crippen molar-refractivity contribution in [1.82, 2.24) is 15.1 Å². The fourth-order valence-electron chi connectivity index (χ4n) is 3.10. The molecular formula is C17H33N3O2. The number of nitrogens with zero attached hydrogens (tertiary/aromatic N) is 2. The van der Waals surface area contributed by atoms with Crippen LogP contribution in [0.25, 0.3) is 0 Å². The van der Waals surface area contributed by atoms with Crippen LogP contribution in [-0.4, -0.2) is 72.7 Å². The zero-order valence-electron chi connectivity index (χ0n) is 14.7. The van der Waals surface area contributed by atoms with Gasteiger partial charge in [-0.25, -0.2) is 0 Å². The summed E-state index contributed by atoms with van der Waals surface area (Å²) in [6, 6.07) is -0.0456. The zero-order valence-corrected chi connectivity index (χ0v) is 14.7. The van der Waals surface area contributed by atoms with Crippen LogP contribution in [0.15, 0.2) is 0 Å². The van der Waals surface area contributed by atoms with Gasteiger partial charge in [0.15, 0.2) is 0 Å². The molecule has 0 aromatic rings. The summed E-state index contributed by atoms with van der Waals surface area (Å²) in [6.45, 7) is 14.3. The largest absolute Gasteiger partial charge is 0.377 e. The molecule has 2 aliphatic heterocycles. The Labute approximate surface area is 135 Å². The second-order valence-electron chi connectivity index (χ2n) is 7.37. The van der Waals surface area contributed by atoms with Gasteiger partial charge in [-0.2, -0.15) is 0 Å². The van der Waals surface area contributed by atoms with Crippen molar-refractivity contribution in [3.8, 4) is 0 Å². The second kappa shape index (κ2) is 7.75. The number of rotatable bonds is 6. The highest BCUT2D eigenvalue weighted by Gasteiger charge is 2.29. The fraction of sp³-hybridized carbons (Fsp3) is 0.941. The van der Waals surface area contributed by atoms with Crippen molar-refractivity contribution in [2.45, 2.75) is 64.6 Å². The molecule has 0 bridgehead atoms. The first-order chi connectivity index (χ1) is 10.4. The van der Waals surface area contributed by atoms with Crippen molar-refractivity contribution in [1.29, 1.82) is 0 Å². The van der Waals surface area contributed by atoms with Gasteiger partial charge in [0.25, 0.3) is 0 Å². The van der Waals surface area contributed by atoms with Crippen molar-refractivity contribution in [3.63, 3.8) is 0 Å². The van der Waals surface area contributed by atoms with Crippen molar-refractivity contribution in [3.05, 3.63) is 0 Å². The molecule has 2 fully saturated rings. The molecule has 0 radical (unpaired) electrons. The van der Waals surface area contributed by atoms with Crippen molar-refractivity contribution < 1.29 is 9.53 Å². The molecule has 1 amide bonds. The van der Waals surface area contributed by atoms with E-state index in [-0.39, 0.29) is 17.5 Å². The van der Waals surface area contributed by atoms with Crippen molar-refractivity contribution >= 4 is 5.91 Å². The predicted octanol–water partition coefficient (Wildman–Crippen LogP) is 1.48. The number of amides is 1. The summed E-state index contributed by atoms with van der Waals surface area (Å²) < 4.78 is 5.72. The van der Waals surface area contributed by atoms with Gasteiger partial charge in [0.2, 0.25) is 5.91 Å². The van der Waals surface area contributed by atoms with Gasteiger partial charge < -0.3 is 10.1 Å². The summed E-state index contributed by atoms with van der Waals surface area (Å²) in [4.78, 5) is 17.2. The van der Waals surface area contributed by atoms with Crippen molar-refractivity contribution in [2.24, 2.45) is 0 Å². The SMILES string of the molecule is CCC(C)(C)NC(=O)C(C)N1CCN(CC2CCCO2)CC1. The number of ether oxygens (including phenoxy) is 1. The Hall–Kier alpha value is -0.650. The van der Waals surface area contributed by atoms with E-state index < -0.39 is 0 Å². The third kappa shape index (κ3) is 4.93. The first-order valence-corrected chi connectivity index (χ1v) is 8.81. The van der Waals surface area contributed by atoms with Crippen LogP contribution in [-0.2, 0) is 9.53 Å². The Morgan fingerprint density at radius 2 is 2.00 bits per heavy atom. The van der Waals surface area contributed by atoms with E-state index in [1.807, 2.05) is 6.92 Å². The molecule has 1 N–H and O–H groups in total. The molecule has 2 rings (SSSR count). The molecule has 0 aromatic carbocycles. The smallest absolute Gasteiger partial charge is 0.237 e. The minimum absolute atomic E-state index is 0.0456. The molecule has 0 spiro atoms. The molecule has 2 saturated heterocycles. The summed E-state index contributed by atoms with van der Waals surface area (Å²) in [6.07, 6.45) is 3.78. The second-order valence-corrected chi connectivity index (χ2v) is 7.37. The van der Waals surface area contributed by atoms with Crippen LogP contribution in [0.1, 0.15) is 47.0 Å². The quantitative estimate of drug-likeness (QED) is 0.807. The lowest BCUT2D eigenvalue weighted by atomic mass is 10.0. The lowest BCUT2D eigenvalue weighted by Crippen LogP contribution is -2.57. The number of nitrogens with one attached hydrogen (secondary N) is 1. The summed E-state index contributed by atoms with van der Waals surface area (Å²) in [7, 11) is 0. The van der Waals surface area contributed by atoms with E-state index in [0.717, 1.165) is 45.8 Å². The zero-order chi connectivity index (χ0) is 16.2. The molecule has 2 heterocycles. The first kappa shape index (κ1) is 17.7. The van der Waals surface area contributed by atoms with Gasteiger partial charge in [-0.05, 0) is 40.0 Å². The van der Waals surface area contributed by atoms with Crippen LogP contribution in [0, 0.1) is 0 Å². The lowest BCUT2D eigenvalue weighted by molar-refractivity contribution is -0.128. The van der Waals surface area contributed by atoms with Gasteiger partial charge in [-0.15, -0.1) is 0 Å². The standard InChI is InChI=1S/C17H33N3O2/c1-5-17(3,4)18-16(21)14(2)20-10-8-19(9-11-20)13-15-7-6-12-22-15/h14-15H,5-13H2,1-4H3,(H,18,21). The first-order valence-electron chi connectivity index (χ1n) is 8.81. The minimum atomic E-state index is -0.118. The van der Waals surface area contributed by atoms with Gasteiger partial charge in [-0.1, -0.05) is 6.92 Å². The number of carbonyl (C=O) groups is 1. The Morgan fingerprint density at radius 3 is 2.55 bits per heavy atom. The molecule has 5 nitrogen and oxygen atoms in total. The molecule has 2 aliphatic rings. The minimum Gasteiger partial charge on any atom is -0.377 e. The monoisotopic (exact) mass is 311 g/mol. The Kier molecular flexibility index (Phi) is 6.24. The third-order valence-electron chi connectivity index (χ3n) is 5.17. The maximum Gasteiger partial charge on any atom is 0.237 e. The average molecular weight is 311 g/mol. The van der Waals surface area contributed by atoms with Crippen molar-refractivity contribution in [2.75, 3.05) is 39.3 Å². The van der Waals surface area contributed by atoms with Crippen LogP contribution >= 0.6 is 0 Å². The Morgan fingerprint density at radius 1 is 1.32 bits per heavy atom. The van der Waals surface area contributed by atoms with E-state index in [0.29, 0.717) is 6.10 Å². The fourth-order valence-corrected chi connectivity index (χ4v) is 3.10. The topological polar surface area (TPSA) is 44.8 Å². The molecular weight excluding hydrogens is 278 g/mol.